The van der Waals surface area contributed by atoms with Crippen LogP contribution in [0, 0.1) is 11.8 Å². The quantitative estimate of drug-likeness (QED) is 0.813. The Hall–Kier alpha value is -0.120. The van der Waals surface area contributed by atoms with Crippen LogP contribution in [-0.4, -0.2) is 50.3 Å². The molecule has 1 N–H and O–H groups in total. The third-order valence-electron chi connectivity index (χ3n) is 4.69. The number of nitrogens with zero attached hydrogens (tertiary/aromatic N) is 1. The second kappa shape index (κ2) is 6.17. The zero-order valence-electron chi connectivity index (χ0n) is 11.6. The minimum Gasteiger partial charge on any atom is -0.374 e. The van der Waals surface area contributed by atoms with Crippen LogP contribution in [-0.2, 0) is 4.74 Å². The van der Waals surface area contributed by atoms with Gasteiger partial charge in [0.1, 0.15) is 0 Å². The Kier molecular flexibility index (Phi) is 4.83. The Bertz CT molecular complexity index is 228. The van der Waals surface area contributed by atoms with Gasteiger partial charge in [0.15, 0.2) is 0 Å². The third-order valence-corrected chi connectivity index (χ3v) is 4.69. The molecule has 3 nitrogen and oxygen atoms in total. The highest BCUT2D eigenvalue weighted by atomic mass is 16.5. The largest absolute Gasteiger partial charge is 0.374 e. The second-order valence-corrected chi connectivity index (χ2v) is 6.06. The molecule has 0 aromatic rings. The molecule has 0 radical (unpaired) electrons. The van der Waals surface area contributed by atoms with Crippen molar-refractivity contribution in [2.45, 2.75) is 45.3 Å². The van der Waals surface area contributed by atoms with Crippen molar-refractivity contribution in [1.29, 1.82) is 0 Å². The molecule has 1 heterocycles. The maximum Gasteiger partial charge on any atom is 0.0826 e. The molecule has 1 saturated carbocycles. The number of nitrogens with one attached hydrogen (secondary N) is 1. The molecule has 1 aliphatic heterocycles. The average molecular weight is 240 g/mol. The Labute approximate surface area is 106 Å². The first-order chi connectivity index (χ1) is 8.16. The van der Waals surface area contributed by atoms with Gasteiger partial charge in [-0.3, -0.25) is 0 Å². The van der Waals surface area contributed by atoms with E-state index in [1.165, 1.54) is 19.3 Å². The fourth-order valence-electron chi connectivity index (χ4n) is 3.13. The summed E-state index contributed by atoms with van der Waals surface area (Å²) in [5.41, 5.74) is 0. The number of morpholine rings is 1. The van der Waals surface area contributed by atoms with Gasteiger partial charge in [0.2, 0.25) is 0 Å². The van der Waals surface area contributed by atoms with Gasteiger partial charge in [0.25, 0.3) is 0 Å². The molecule has 3 heteroatoms. The molecule has 0 spiro atoms. The van der Waals surface area contributed by atoms with Crippen LogP contribution in [0.1, 0.15) is 33.1 Å². The van der Waals surface area contributed by atoms with Crippen molar-refractivity contribution in [2.24, 2.45) is 11.8 Å². The van der Waals surface area contributed by atoms with Crippen LogP contribution in [0.5, 0.6) is 0 Å². The zero-order chi connectivity index (χ0) is 12.3. The minimum atomic E-state index is 0.392. The smallest absolute Gasteiger partial charge is 0.0826 e. The number of ether oxygens (including phenoxy) is 1. The van der Waals surface area contributed by atoms with Gasteiger partial charge in [-0.2, -0.15) is 0 Å². The van der Waals surface area contributed by atoms with E-state index in [0.29, 0.717) is 6.10 Å². The molecule has 2 rings (SSSR count). The van der Waals surface area contributed by atoms with Crippen molar-refractivity contribution >= 4 is 0 Å². The summed E-state index contributed by atoms with van der Waals surface area (Å²) >= 11 is 0. The van der Waals surface area contributed by atoms with E-state index in [4.69, 9.17) is 4.74 Å². The molecule has 1 saturated heterocycles. The maximum atomic E-state index is 5.78. The highest BCUT2D eigenvalue weighted by Crippen LogP contribution is 2.31. The van der Waals surface area contributed by atoms with E-state index in [1.54, 1.807) is 0 Å². The third kappa shape index (κ3) is 3.67. The van der Waals surface area contributed by atoms with Gasteiger partial charge in [-0.1, -0.05) is 13.8 Å². The molecule has 2 fully saturated rings. The number of hydrogen-bond acceptors (Lipinski definition) is 3. The van der Waals surface area contributed by atoms with Gasteiger partial charge in [-0.25, -0.2) is 0 Å². The first-order valence-corrected chi connectivity index (χ1v) is 7.19. The molecular formula is C14H28N2O. The second-order valence-electron chi connectivity index (χ2n) is 6.06. The van der Waals surface area contributed by atoms with Crippen molar-refractivity contribution < 1.29 is 4.74 Å². The zero-order valence-corrected chi connectivity index (χ0v) is 11.6. The van der Waals surface area contributed by atoms with Crippen molar-refractivity contribution in [2.75, 3.05) is 33.3 Å². The lowest BCUT2D eigenvalue weighted by Gasteiger charge is -2.39. The van der Waals surface area contributed by atoms with E-state index in [-0.39, 0.29) is 0 Å². The fraction of sp³-hybridized carbons (Fsp3) is 1.00. The van der Waals surface area contributed by atoms with Crippen LogP contribution in [0.3, 0.4) is 0 Å². The normalized spacial score (nSPS) is 39.5. The Morgan fingerprint density at radius 3 is 2.71 bits per heavy atom. The van der Waals surface area contributed by atoms with E-state index in [1.807, 2.05) is 0 Å². The maximum absolute atomic E-state index is 5.78. The Balaban J connectivity index is 1.77. The predicted molar refractivity (Wildman–Crippen MR) is 71.2 cm³/mol. The van der Waals surface area contributed by atoms with Crippen LogP contribution in [0.15, 0.2) is 0 Å². The van der Waals surface area contributed by atoms with E-state index in [9.17, 15) is 0 Å². The topological polar surface area (TPSA) is 24.5 Å². The van der Waals surface area contributed by atoms with Gasteiger partial charge < -0.3 is 15.0 Å². The molecule has 0 amide bonds. The SMILES string of the molecule is CC1CCC(N(C)CC2CNCCO2)CC1C. The molecule has 0 bridgehead atoms. The van der Waals surface area contributed by atoms with E-state index in [0.717, 1.165) is 44.1 Å². The minimum absolute atomic E-state index is 0.392. The summed E-state index contributed by atoms with van der Waals surface area (Å²) in [5.74, 6) is 1.79. The van der Waals surface area contributed by atoms with E-state index >= 15 is 0 Å². The summed E-state index contributed by atoms with van der Waals surface area (Å²) in [5, 5.41) is 3.41. The standard InChI is InChI=1S/C14H28N2O/c1-11-4-5-13(8-12(11)2)16(3)10-14-9-15-6-7-17-14/h11-15H,4-10H2,1-3H3. The molecule has 4 atom stereocenters. The molecule has 100 valence electrons. The molecule has 2 aliphatic rings. The molecule has 0 aromatic heterocycles. The molecule has 0 aromatic carbocycles. The fourth-order valence-corrected chi connectivity index (χ4v) is 3.13. The summed E-state index contributed by atoms with van der Waals surface area (Å²) < 4.78 is 5.78. The summed E-state index contributed by atoms with van der Waals surface area (Å²) in [6.07, 6.45) is 4.50. The first-order valence-electron chi connectivity index (χ1n) is 7.19. The predicted octanol–water partition coefficient (Wildman–Crippen LogP) is 1.73. The average Bonchev–Trinajstić information content (AvgIpc) is 2.34. The molecule has 4 unspecified atom stereocenters. The van der Waals surface area contributed by atoms with Crippen LogP contribution in [0.2, 0.25) is 0 Å². The van der Waals surface area contributed by atoms with Gasteiger partial charge in [0.05, 0.1) is 12.7 Å². The highest BCUT2D eigenvalue weighted by Gasteiger charge is 2.28. The Morgan fingerprint density at radius 1 is 1.24 bits per heavy atom. The lowest BCUT2D eigenvalue weighted by atomic mass is 9.78. The van der Waals surface area contributed by atoms with Crippen molar-refractivity contribution in [3.05, 3.63) is 0 Å². The number of rotatable bonds is 3. The lowest BCUT2D eigenvalue weighted by molar-refractivity contribution is -0.00426. The molecule has 17 heavy (non-hydrogen) atoms. The van der Waals surface area contributed by atoms with Crippen LogP contribution in [0.4, 0.5) is 0 Å². The number of likely N-dealkylation sites (N-methyl/N-ethyl adjacent to an activating group) is 1. The van der Waals surface area contributed by atoms with Crippen molar-refractivity contribution in [3.63, 3.8) is 0 Å². The monoisotopic (exact) mass is 240 g/mol. The summed E-state index contributed by atoms with van der Waals surface area (Å²) in [7, 11) is 2.27. The van der Waals surface area contributed by atoms with E-state index < -0.39 is 0 Å². The van der Waals surface area contributed by atoms with Crippen LogP contribution < -0.4 is 5.32 Å². The molecule has 1 aliphatic carbocycles. The first kappa shape index (κ1) is 13.3. The molecular weight excluding hydrogens is 212 g/mol. The summed E-state index contributed by atoms with van der Waals surface area (Å²) in [6, 6.07) is 0.770. The van der Waals surface area contributed by atoms with Gasteiger partial charge >= 0.3 is 0 Å². The van der Waals surface area contributed by atoms with Crippen molar-refractivity contribution in [1.82, 2.24) is 10.2 Å². The van der Waals surface area contributed by atoms with Gasteiger partial charge in [0, 0.05) is 25.7 Å². The Morgan fingerprint density at radius 2 is 2.06 bits per heavy atom. The highest BCUT2D eigenvalue weighted by molar-refractivity contribution is 4.82. The van der Waals surface area contributed by atoms with Crippen LogP contribution >= 0.6 is 0 Å². The summed E-state index contributed by atoms with van der Waals surface area (Å²) in [4.78, 5) is 2.53. The summed E-state index contributed by atoms with van der Waals surface area (Å²) in [6.45, 7) is 8.79. The lowest BCUT2D eigenvalue weighted by Crippen LogP contribution is -2.48. The van der Waals surface area contributed by atoms with Crippen LogP contribution in [0.25, 0.3) is 0 Å². The van der Waals surface area contributed by atoms with Gasteiger partial charge in [-0.05, 0) is 38.1 Å². The van der Waals surface area contributed by atoms with Gasteiger partial charge in [-0.15, -0.1) is 0 Å². The van der Waals surface area contributed by atoms with Crippen molar-refractivity contribution in [3.8, 4) is 0 Å². The number of hydrogen-bond donors (Lipinski definition) is 1. The van der Waals surface area contributed by atoms with E-state index in [2.05, 4.69) is 31.1 Å².